The molecule has 0 spiro atoms. The Morgan fingerprint density at radius 1 is 1.33 bits per heavy atom. The summed E-state index contributed by atoms with van der Waals surface area (Å²) < 4.78 is 17.8. The highest BCUT2D eigenvalue weighted by Gasteiger charge is 2.35. The molecule has 0 amide bonds. The molecule has 21 heavy (non-hydrogen) atoms. The number of benzene rings is 1. The van der Waals surface area contributed by atoms with Gasteiger partial charge in [0, 0.05) is 0 Å². The Morgan fingerprint density at radius 2 is 1.95 bits per heavy atom. The fourth-order valence-corrected chi connectivity index (χ4v) is 2.92. The van der Waals surface area contributed by atoms with Gasteiger partial charge in [-0.15, -0.1) is 0 Å². The van der Waals surface area contributed by atoms with Gasteiger partial charge in [0.2, 0.25) is 0 Å². The van der Waals surface area contributed by atoms with Crippen LogP contribution in [0, 0.1) is 17.1 Å². The second kappa shape index (κ2) is 5.89. The van der Waals surface area contributed by atoms with Crippen LogP contribution in [-0.2, 0) is 9.53 Å². The molecular formula is C14H12FN3O2S. The number of nitrogens with two attached hydrogens (primary N) is 2. The molecule has 1 aromatic carbocycles. The van der Waals surface area contributed by atoms with Gasteiger partial charge in [-0.1, -0.05) is 23.9 Å². The number of hydrogen-bond acceptors (Lipinski definition) is 6. The second-order valence-electron chi connectivity index (χ2n) is 4.25. The standard InChI is InChI=1S/C14H12FN3O2S/c1-20-14(19)11-10(7-2-4-8(15)5-3-7)9(6-16)12(17)21-13(11)18/h2-5,10H,17-18H2,1H3/t10-/m1/s1. The Hall–Kier alpha value is -2.46. The number of nitriles is 1. The van der Waals surface area contributed by atoms with Gasteiger partial charge in [-0.3, -0.25) is 0 Å². The molecule has 0 saturated carbocycles. The lowest BCUT2D eigenvalue weighted by molar-refractivity contribution is -0.136. The maximum atomic E-state index is 13.1. The number of hydrogen-bond donors (Lipinski definition) is 2. The minimum absolute atomic E-state index is 0.139. The third-order valence-corrected chi connectivity index (χ3v) is 3.94. The van der Waals surface area contributed by atoms with Crippen LogP contribution in [0.2, 0.25) is 0 Å². The van der Waals surface area contributed by atoms with E-state index >= 15 is 0 Å². The Balaban J connectivity index is 2.63. The number of rotatable bonds is 2. The molecule has 108 valence electrons. The van der Waals surface area contributed by atoms with E-state index < -0.39 is 17.7 Å². The Bertz CT molecular complexity index is 689. The summed E-state index contributed by atoms with van der Waals surface area (Å²) in [6.07, 6.45) is 0. The zero-order valence-electron chi connectivity index (χ0n) is 11.1. The lowest BCUT2D eigenvalue weighted by atomic mass is 9.85. The Morgan fingerprint density at radius 3 is 2.48 bits per heavy atom. The number of halogens is 1. The first kappa shape index (κ1) is 14.9. The van der Waals surface area contributed by atoms with Crippen molar-refractivity contribution in [1.29, 1.82) is 5.26 Å². The molecule has 5 nitrogen and oxygen atoms in total. The van der Waals surface area contributed by atoms with Gasteiger partial charge in [0.05, 0.1) is 40.3 Å². The van der Waals surface area contributed by atoms with Crippen molar-refractivity contribution in [2.45, 2.75) is 5.92 Å². The van der Waals surface area contributed by atoms with E-state index in [-0.39, 0.29) is 21.2 Å². The zero-order valence-corrected chi connectivity index (χ0v) is 11.9. The summed E-state index contributed by atoms with van der Waals surface area (Å²) in [6.45, 7) is 0. The van der Waals surface area contributed by atoms with E-state index in [1.807, 2.05) is 6.07 Å². The molecular weight excluding hydrogens is 293 g/mol. The molecule has 0 saturated heterocycles. The van der Waals surface area contributed by atoms with Crippen LogP contribution in [0.25, 0.3) is 0 Å². The van der Waals surface area contributed by atoms with Gasteiger partial charge in [-0.2, -0.15) is 5.26 Å². The summed E-state index contributed by atoms with van der Waals surface area (Å²) in [5, 5.41) is 9.71. The van der Waals surface area contributed by atoms with Crippen LogP contribution >= 0.6 is 11.8 Å². The van der Waals surface area contributed by atoms with Crippen LogP contribution in [0.3, 0.4) is 0 Å². The van der Waals surface area contributed by atoms with Gasteiger partial charge in [-0.25, -0.2) is 9.18 Å². The Kier molecular flexibility index (Phi) is 4.19. The normalized spacial score (nSPS) is 18.4. The van der Waals surface area contributed by atoms with Crippen molar-refractivity contribution in [3.63, 3.8) is 0 Å². The van der Waals surface area contributed by atoms with Crippen molar-refractivity contribution < 1.29 is 13.9 Å². The van der Waals surface area contributed by atoms with Crippen molar-refractivity contribution in [1.82, 2.24) is 0 Å². The SMILES string of the molecule is COC(=O)C1=C(N)SC(N)=C(C#N)[C@H]1c1ccc(F)cc1. The number of carbonyl (C=O) groups is 1. The molecule has 1 heterocycles. The average molecular weight is 305 g/mol. The predicted molar refractivity (Wildman–Crippen MR) is 76.8 cm³/mol. The van der Waals surface area contributed by atoms with Crippen molar-refractivity contribution in [2.24, 2.45) is 11.5 Å². The molecule has 7 heteroatoms. The number of allylic oxidation sites excluding steroid dienone is 1. The first-order valence-corrected chi connectivity index (χ1v) is 6.72. The highest BCUT2D eigenvalue weighted by atomic mass is 32.2. The maximum absolute atomic E-state index is 13.1. The van der Waals surface area contributed by atoms with E-state index in [0.717, 1.165) is 11.8 Å². The molecule has 1 aliphatic rings. The highest BCUT2D eigenvalue weighted by Crippen LogP contribution is 2.43. The molecule has 2 rings (SSSR count). The van der Waals surface area contributed by atoms with Gasteiger partial charge in [0.25, 0.3) is 0 Å². The summed E-state index contributed by atoms with van der Waals surface area (Å²) in [6, 6.07) is 7.44. The van der Waals surface area contributed by atoms with Crippen LogP contribution in [0.1, 0.15) is 11.5 Å². The van der Waals surface area contributed by atoms with E-state index in [4.69, 9.17) is 16.2 Å². The summed E-state index contributed by atoms with van der Waals surface area (Å²) in [4.78, 5) is 12.0. The van der Waals surface area contributed by atoms with E-state index in [1.54, 1.807) is 0 Å². The first-order valence-electron chi connectivity index (χ1n) is 5.90. The molecule has 0 unspecified atom stereocenters. The molecule has 0 aromatic heterocycles. The van der Waals surface area contributed by atoms with Crippen molar-refractivity contribution in [3.8, 4) is 6.07 Å². The number of methoxy groups -OCH3 is 1. The lowest BCUT2D eigenvalue weighted by Gasteiger charge is -2.25. The van der Waals surface area contributed by atoms with Crippen LogP contribution in [-0.4, -0.2) is 13.1 Å². The quantitative estimate of drug-likeness (QED) is 0.806. The molecule has 0 bridgehead atoms. The van der Waals surface area contributed by atoms with E-state index in [1.165, 1.54) is 31.4 Å². The van der Waals surface area contributed by atoms with Gasteiger partial charge >= 0.3 is 5.97 Å². The largest absolute Gasteiger partial charge is 0.466 e. The molecule has 0 aliphatic carbocycles. The third kappa shape index (κ3) is 2.71. The van der Waals surface area contributed by atoms with Crippen molar-refractivity contribution in [3.05, 3.63) is 56.9 Å². The fourth-order valence-electron chi connectivity index (χ4n) is 2.09. The molecule has 4 N–H and O–H groups in total. The van der Waals surface area contributed by atoms with E-state index in [0.29, 0.717) is 5.56 Å². The van der Waals surface area contributed by atoms with Crippen LogP contribution in [0.5, 0.6) is 0 Å². The number of carbonyl (C=O) groups excluding carboxylic acids is 1. The average Bonchev–Trinajstić information content (AvgIpc) is 2.46. The number of esters is 1. The van der Waals surface area contributed by atoms with Crippen LogP contribution in [0.4, 0.5) is 4.39 Å². The van der Waals surface area contributed by atoms with Crippen LogP contribution in [0.15, 0.2) is 45.5 Å². The molecule has 1 atom stereocenters. The van der Waals surface area contributed by atoms with Gasteiger partial charge < -0.3 is 16.2 Å². The smallest absolute Gasteiger partial charge is 0.337 e. The minimum Gasteiger partial charge on any atom is -0.466 e. The summed E-state index contributed by atoms with van der Waals surface area (Å²) in [5.41, 5.74) is 12.6. The lowest BCUT2D eigenvalue weighted by Crippen LogP contribution is -2.24. The van der Waals surface area contributed by atoms with Crippen molar-refractivity contribution >= 4 is 17.7 Å². The van der Waals surface area contributed by atoms with E-state index in [2.05, 4.69) is 0 Å². The zero-order chi connectivity index (χ0) is 15.6. The summed E-state index contributed by atoms with van der Waals surface area (Å²) in [7, 11) is 1.22. The minimum atomic E-state index is -0.760. The monoisotopic (exact) mass is 305 g/mol. The molecule has 1 aromatic rings. The maximum Gasteiger partial charge on any atom is 0.337 e. The second-order valence-corrected chi connectivity index (χ2v) is 5.33. The summed E-state index contributed by atoms with van der Waals surface area (Å²) in [5.74, 6) is -1.82. The molecule has 0 radical (unpaired) electrons. The third-order valence-electron chi connectivity index (χ3n) is 3.06. The number of ether oxygens (including phenoxy) is 1. The molecule has 0 fully saturated rings. The summed E-state index contributed by atoms with van der Waals surface area (Å²) >= 11 is 0.945. The predicted octanol–water partition coefficient (Wildman–Crippen LogP) is 1.69. The number of nitrogens with zero attached hydrogens (tertiary/aromatic N) is 1. The van der Waals surface area contributed by atoms with E-state index in [9.17, 15) is 14.4 Å². The number of thioether (sulfide) groups is 1. The first-order chi connectivity index (χ1) is 9.99. The fraction of sp³-hybridized carbons (Fsp3) is 0.143. The van der Waals surface area contributed by atoms with Gasteiger partial charge in [-0.05, 0) is 17.7 Å². The Labute approximate surface area is 125 Å². The highest BCUT2D eigenvalue weighted by molar-refractivity contribution is 8.06. The topological polar surface area (TPSA) is 102 Å². The molecule has 1 aliphatic heterocycles. The van der Waals surface area contributed by atoms with Gasteiger partial charge in [0.15, 0.2) is 0 Å². The van der Waals surface area contributed by atoms with Crippen molar-refractivity contribution in [2.75, 3.05) is 7.11 Å². The van der Waals surface area contributed by atoms with Crippen LogP contribution < -0.4 is 11.5 Å². The van der Waals surface area contributed by atoms with Gasteiger partial charge in [0.1, 0.15) is 5.82 Å².